The maximum absolute atomic E-state index is 13.7. The second kappa shape index (κ2) is 5.94. The van der Waals surface area contributed by atoms with Crippen LogP contribution in [-0.4, -0.2) is 16.8 Å². The zero-order chi connectivity index (χ0) is 14.9. The second-order valence-corrected chi connectivity index (χ2v) is 5.40. The van der Waals surface area contributed by atoms with Crippen LogP contribution in [0.2, 0.25) is 5.02 Å². The van der Waals surface area contributed by atoms with Crippen LogP contribution in [0.4, 0.5) is 4.39 Å². The summed E-state index contributed by atoms with van der Waals surface area (Å²) in [7, 11) is 3.73. The molecule has 2 aromatic rings. The first-order valence-corrected chi connectivity index (χ1v) is 6.93. The van der Waals surface area contributed by atoms with Crippen LogP contribution >= 0.6 is 11.6 Å². The smallest absolute Gasteiger partial charge is 0.126 e. The molecule has 20 heavy (non-hydrogen) atoms. The number of aryl methyl sites for hydroxylation is 3. The van der Waals surface area contributed by atoms with Gasteiger partial charge in [-0.1, -0.05) is 23.7 Å². The molecule has 0 saturated carbocycles. The highest BCUT2D eigenvalue weighted by molar-refractivity contribution is 6.31. The van der Waals surface area contributed by atoms with E-state index in [4.69, 9.17) is 11.6 Å². The van der Waals surface area contributed by atoms with Gasteiger partial charge in [0.2, 0.25) is 0 Å². The molecule has 1 atom stereocenters. The minimum Gasteiger partial charge on any atom is -0.313 e. The molecule has 1 unspecified atom stereocenters. The average molecular weight is 296 g/mol. The van der Waals surface area contributed by atoms with E-state index in [1.807, 2.05) is 27.1 Å². The van der Waals surface area contributed by atoms with Gasteiger partial charge in [-0.25, -0.2) is 4.39 Å². The number of rotatable bonds is 4. The SMILES string of the molecule is CNC(Cc1c(Cl)c(C)nn1C)c1ccc(C)c(F)c1. The normalized spacial score (nSPS) is 12.7. The number of halogens is 2. The molecule has 0 aliphatic rings. The summed E-state index contributed by atoms with van der Waals surface area (Å²) in [5.41, 5.74) is 3.32. The summed E-state index contributed by atoms with van der Waals surface area (Å²) in [6.45, 7) is 3.64. The molecule has 1 heterocycles. The van der Waals surface area contributed by atoms with Gasteiger partial charge >= 0.3 is 0 Å². The lowest BCUT2D eigenvalue weighted by atomic mass is 10.0. The highest BCUT2D eigenvalue weighted by Gasteiger charge is 2.18. The van der Waals surface area contributed by atoms with Crippen molar-refractivity contribution >= 4 is 11.6 Å². The van der Waals surface area contributed by atoms with E-state index >= 15 is 0 Å². The van der Waals surface area contributed by atoms with Crippen LogP contribution in [0.3, 0.4) is 0 Å². The highest BCUT2D eigenvalue weighted by atomic mass is 35.5. The van der Waals surface area contributed by atoms with Crippen LogP contribution in [0.25, 0.3) is 0 Å². The summed E-state index contributed by atoms with van der Waals surface area (Å²) >= 11 is 6.27. The summed E-state index contributed by atoms with van der Waals surface area (Å²) in [4.78, 5) is 0. The topological polar surface area (TPSA) is 29.9 Å². The minimum absolute atomic E-state index is 0.00241. The quantitative estimate of drug-likeness (QED) is 0.937. The summed E-state index contributed by atoms with van der Waals surface area (Å²) in [6, 6.07) is 5.31. The van der Waals surface area contributed by atoms with Gasteiger partial charge in [-0.05, 0) is 38.1 Å². The molecule has 0 amide bonds. The lowest BCUT2D eigenvalue weighted by Crippen LogP contribution is -2.20. The van der Waals surface area contributed by atoms with Crippen LogP contribution in [0.1, 0.15) is 28.6 Å². The largest absolute Gasteiger partial charge is 0.313 e. The molecule has 0 aliphatic carbocycles. The van der Waals surface area contributed by atoms with Gasteiger partial charge in [0.25, 0.3) is 0 Å². The Morgan fingerprint density at radius 1 is 1.40 bits per heavy atom. The molecule has 0 saturated heterocycles. The van der Waals surface area contributed by atoms with Crippen molar-refractivity contribution in [3.05, 3.63) is 51.6 Å². The zero-order valence-corrected chi connectivity index (χ0v) is 12.9. The molecule has 0 spiro atoms. The zero-order valence-electron chi connectivity index (χ0n) is 12.2. The van der Waals surface area contributed by atoms with Crippen molar-refractivity contribution in [2.75, 3.05) is 7.05 Å². The van der Waals surface area contributed by atoms with Gasteiger partial charge in [-0.3, -0.25) is 4.68 Å². The molecule has 1 aromatic heterocycles. The van der Waals surface area contributed by atoms with Crippen molar-refractivity contribution < 1.29 is 4.39 Å². The number of benzene rings is 1. The average Bonchev–Trinajstić information content (AvgIpc) is 2.65. The van der Waals surface area contributed by atoms with E-state index in [0.717, 1.165) is 17.0 Å². The molecular formula is C15H19ClFN3. The maximum atomic E-state index is 13.7. The Hall–Kier alpha value is -1.39. The monoisotopic (exact) mass is 295 g/mol. The number of nitrogens with zero attached hydrogens (tertiary/aromatic N) is 2. The van der Waals surface area contributed by atoms with E-state index in [9.17, 15) is 4.39 Å². The summed E-state index contributed by atoms with van der Waals surface area (Å²) in [6.07, 6.45) is 0.662. The van der Waals surface area contributed by atoms with Crippen molar-refractivity contribution in [1.82, 2.24) is 15.1 Å². The van der Waals surface area contributed by atoms with E-state index in [0.29, 0.717) is 17.0 Å². The number of hydrogen-bond acceptors (Lipinski definition) is 2. The maximum Gasteiger partial charge on any atom is 0.126 e. The number of nitrogens with one attached hydrogen (secondary N) is 1. The Kier molecular flexibility index (Phi) is 4.45. The first kappa shape index (κ1) is 15.0. The molecule has 3 nitrogen and oxygen atoms in total. The lowest BCUT2D eigenvalue weighted by molar-refractivity contribution is 0.552. The Bertz CT molecular complexity index is 622. The van der Waals surface area contributed by atoms with Crippen LogP contribution in [-0.2, 0) is 13.5 Å². The van der Waals surface area contributed by atoms with E-state index in [2.05, 4.69) is 10.4 Å². The molecule has 1 aromatic carbocycles. The van der Waals surface area contributed by atoms with Crippen LogP contribution < -0.4 is 5.32 Å². The van der Waals surface area contributed by atoms with Crippen molar-refractivity contribution in [1.29, 1.82) is 0 Å². The van der Waals surface area contributed by atoms with E-state index in [1.165, 1.54) is 0 Å². The van der Waals surface area contributed by atoms with Crippen LogP contribution in [0.15, 0.2) is 18.2 Å². The number of aromatic nitrogens is 2. The first-order valence-electron chi connectivity index (χ1n) is 6.55. The van der Waals surface area contributed by atoms with Gasteiger partial charge in [0.15, 0.2) is 0 Å². The summed E-state index contributed by atoms with van der Waals surface area (Å²) in [5, 5.41) is 8.20. The highest BCUT2D eigenvalue weighted by Crippen LogP contribution is 2.26. The van der Waals surface area contributed by atoms with Crippen LogP contribution in [0, 0.1) is 19.7 Å². The Morgan fingerprint density at radius 3 is 2.60 bits per heavy atom. The minimum atomic E-state index is -0.185. The molecule has 0 aliphatic heterocycles. The first-order chi connectivity index (χ1) is 9.43. The Balaban J connectivity index is 2.31. The third-order valence-electron chi connectivity index (χ3n) is 3.61. The standard InChI is InChI=1S/C15H19ClFN3/c1-9-5-6-11(7-12(9)17)13(18-3)8-14-15(16)10(2)19-20(14)4/h5-7,13,18H,8H2,1-4H3. The van der Waals surface area contributed by atoms with Gasteiger partial charge in [-0.2, -0.15) is 5.10 Å². The van der Waals surface area contributed by atoms with Gasteiger partial charge < -0.3 is 5.32 Å². The molecule has 5 heteroatoms. The third kappa shape index (κ3) is 2.86. The molecule has 0 fully saturated rings. The molecule has 0 radical (unpaired) electrons. The molecule has 1 N–H and O–H groups in total. The predicted molar refractivity (Wildman–Crippen MR) is 79.6 cm³/mol. The van der Waals surface area contributed by atoms with Crippen molar-refractivity contribution in [3.8, 4) is 0 Å². The van der Waals surface area contributed by atoms with Gasteiger partial charge in [-0.15, -0.1) is 0 Å². The molecule has 2 rings (SSSR count). The van der Waals surface area contributed by atoms with Crippen molar-refractivity contribution in [2.45, 2.75) is 26.3 Å². The molecular weight excluding hydrogens is 277 g/mol. The van der Waals surface area contributed by atoms with E-state index in [-0.39, 0.29) is 11.9 Å². The lowest BCUT2D eigenvalue weighted by Gasteiger charge is -2.17. The third-order valence-corrected chi connectivity index (χ3v) is 4.10. The number of hydrogen-bond donors (Lipinski definition) is 1. The van der Waals surface area contributed by atoms with Crippen molar-refractivity contribution in [2.24, 2.45) is 7.05 Å². The summed E-state index contributed by atoms with van der Waals surface area (Å²) in [5.74, 6) is -0.185. The Morgan fingerprint density at radius 2 is 2.10 bits per heavy atom. The molecule has 0 bridgehead atoms. The fourth-order valence-electron chi connectivity index (χ4n) is 2.31. The fourth-order valence-corrected chi connectivity index (χ4v) is 2.54. The van der Waals surface area contributed by atoms with Gasteiger partial charge in [0, 0.05) is 19.5 Å². The van der Waals surface area contributed by atoms with Gasteiger partial charge in [0.05, 0.1) is 16.4 Å². The van der Waals surface area contributed by atoms with Crippen LogP contribution in [0.5, 0.6) is 0 Å². The molecule has 108 valence electrons. The Labute approximate surface area is 123 Å². The second-order valence-electron chi connectivity index (χ2n) is 5.02. The summed E-state index contributed by atoms with van der Waals surface area (Å²) < 4.78 is 15.5. The van der Waals surface area contributed by atoms with E-state index in [1.54, 1.807) is 23.7 Å². The van der Waals surface area contributed by atoms with E-state index < -0.39 is 0 Å². The predicted octanol–water partition coefficient (Wildman–Crippen LogP) is 3.33. The number of likely N-dealkylation sites (N-methyl/N-ethyl adjacent to an activating group) is 1. The van der Waals surface area contributed by atoms with Crippen molar-refractivity contribution in [3.63, 3.8) is 0 Å². The van der Waals surface area contributed by atoms with Gasteiger partial charge in [0.1, 0.15) is 5.82 Å². The fraction of sp³-hybridized carbons (Fsp3) is 0.400.